The smallest absolute Gasteiger partial charge is 0.253 e. The van der Waals surface area contributed by atoms with Gasteiger partial charge in [0.1, 0.15) is 0 Å². The molecule has 118 valence electrons. The zero-order valence-corrected chi connectivity index (χ0v) is 13.5. The Balaban J connectivity index is 2.39. The third-order valence-corrected chi connectivity index (χ3v) is 3.57. The lowest BCUT2D eigenvalue weighted by Gasteiger charge is -2.17. The van der Waals surface area contributed by atoms with Crippen LogP contribution >= 0.6 is 0 Å². The predicted octanol–water partition coefficient (Wildman–Crippen LogP) is 2.39. The van der Waals surface area contributed by atoms with Gasteiger partial charge in [0.05, 0.1) is 18.0 Å². The molecule has 0 aliphatic rings. The van der Waals surface area contributed by atoms with E-state index in [0.717, 1.165) is 22.4 Å². The Morgan fingerprint density at radius 2 is 2.05 bits per heavy atom. The summed E-state index contributed by atoms with van der Waals surface area (Å²) < 4.78 is 6.73. The maximum atomic E-state index is 11.8. The fraction of sp³-hybridized carbons (Fsp3) is 0.353. The number of ether oxygens (including phenoxy) is 1. The van der Waals surface area contributed by atoms with Gasteiger partial charge in [-0.3, -0.25) is 4.79 Å². The molecule has 0 unspecified atom stereocenters. The lowest BCUT2D eigenvalue weighted by atomic mass is 10.0. The molecule has 22 heavy (non-hydrogen) atoms. The molecule has 0 spiro atoms. The van der Waals surface area contributed by atoms with E-state index < -0.39 is 0 Å². The molecule has 2 aromatic rings. The van der Waals surface area contributed by atoms with Crippen LogP contribution in [0.3, 0.4) is 0 Å². The number of pyridine rings is 1. The maximum absolute atomic E-state index is 11.8. The fourth-order valence-corrected chi connectivity index (χ4v) is 2.45. The van der Waals surface area contributed by atoms with Gasteiger partial charge in [-0.05, 0) is 43.2 Å². The minimum absolute atomic E-state index is 0.0197. The van der Waals surface area contributed by atoms with E-state index in [0.29, 0.717) is 12.3 Å². The molecule has 0 amide bonds. The third kappa shape index (κ3) is 3.49. The molecule has 5 heteroatoms. The quantitative estimate of drug-likeness (QED) is 0.832. The van der Waals surface area contributed by atoms with Gasteiger partial charge in [-0.2, -0.15) is 0 Å². The Morgan fingerprint density at radius 1 is 1.32 bits per heavy atom. The van der Waals surface area contributed by atoms with Crippen LogP contribution in [0.25, 0.3) is 11.1 Å². The molecular formula is C17H23N3O2. The van der Waals surface area contributed by atoms with Crippen molar-refractivity contribution in [2.45, 2.75) is 19.9 Å². The van der Waals surface area contributed by atoms with Crippen LogP contribution in [0.1, 0.15) is 12.5 Å². The Bertz CT molecular complexity index is 696. The first-order valence-corrected chi connectivity index (χ1v) is 7.25. The van der Waals surface area contributed by atoms with E-state index in [-0.39, 0.29) is 11.6 Å². The molecule has 1 aromatic heterocycles. The molecule has 0 aliphatic heterocycles. The molecular weight excluding hydrogens is 278 g/mol. The number of methoxy groups -OCH3 is 1. The highest BCUT2D eigenvalue weighted by molar-refractivity contribution is 5.76. The normalized spacial score (nSPS) is 12.2. The predicted molar refractivity (Wildman–Crippen MR) is 91.2 cm³/mol. The highest BCUT2D eigenvalue weighted by atomic mass is 16.5. The number of nitrogens with one attached hydrogen (secondary N) is 1. The van der Waals surface area contributed by atoms with Gasteiger partial charge in [-0.1, -0.05) is 6.07 Å². The number of nitrogens with zero attached hydrogens (tertiary/aromatic N) is 1. The third-order valence-electron chi connectivity index (χ3n) is 3.57. The number of hydrogen-bond acceptors (Lipinski definition) is 4. The zero-order chi connectivity index (χ0) is 16.3. The largest absolute Gasteiger partial charge is 0.397 e. The number of nitrogen functional groups attached to an aromatic ring is 1. The van der Waals surface area contributed by atoms with Crippen LogP contribution in [0, 0.1) is 6.92 Å². The summed E-state index contributed by atoms with van der Waals surface area (Å²) in [5.74, 6) is 0. The van der Waals surface area contributed by atoms with Crippen molar-refractivity contribution in [3.05, 3.63) is 46.4 Å². The zero-order valence-electron chi connectivity index (χ0n) is 13.5. The number of nitrogens with two attached hydrogens (primary N) is 1. The van der Waals surface area contributed by atoms with E-state index >= 15 is 0 Å². The van der Waals surface area contributed by atoms with Crippen LogP contribution in [0.4, 0.5) is 11.4 Å². The summed E-state index contributed by atoms with van der Waals surface area (Å²) in [7, 11) is 3.43. The minimum Gasteiger partial charge on any atom is -0.397 e. The average Bonchev–Trinajstić information content (AvgIpc) is 2.47. The van der Waals surface area contributed by atoms with Crippen molar-refractivity contribution in [1.29, 1.82) is 0 Å². The molecule has 1 heterocycles. The highest BCUT2D eigenvalue weighted by Crippen LogP contribution is 2.27. The van der Waals surface area contributed by atoms with Crippen LogP contribution in [-0.2, 0) is 11.8 Å². The molecule has 0 saturated heterocycles. The summed E-state index contributed by atoms with van der Waals surface area (Å²) in [6.45, 7) is 4.46. The standard InChI is InChI=1S/C17H23N3O2/c1-11-7-14(9-20(3)17(11)21)13-5-6-15(18)16(8-13)19-12(2)10-22-4/h5-9,12,19H,10,18H2,1-4H3/t12-/m0/s1. The Labute approximate surface area is 130 Å². The first kappa shape index (κ1) is 16.1. The summed E-state index contributed by atoms with van der Waals surface area (Å²) in [4.78, 5) is 11.8. The molecule has 5 nitrogen and oxygen atoms in total. The van der Waals surface area contributed by atoms with Crippen molar-refractivity contribution in [2.75, 3.05) is 24.8 Å². The summed E-state index contributed by atoms with van der Waals surface area (Å²) in [6, 6.07) is 7.89. The van der Waals surface area contributed by atoms with E-state index in [1.165, 1.54) is 0 Å². The van der Waals surface area contributed by atoms with Gasteiger partial charge >= 0.3 is 0 Å². The first-order chi connectivity index (χ1) is 10.4. The number of aromatic nitrogens is 1. The van der Waals surface area contributed by atoms with Crippen LogP contribution in [-0.4, -0.2) is 24.3 Å². The maximum Gasteiger partial charge on any atom is 0.253 e. The molecule has 3 N–H and O–H groups in total. The van der Waals surface area contributed by atoms with E-state index in [1.807, 2.05) is 44.3 Å². The highest BCUT2D eigenvalue weighted by Gasteiger charge is 2.08. The molecule has 0 aliphatic carbocycles. The van der Waals surface area contributed by atoms with Crippen LogP contribution in [0.15, 0.2) is 35.3 Å². The van der Waals surface area contributed by atoms with Crippen molar-refractivity contribution >= 4 is 11.4 Å². The lowest BCUT2D eigenvalue weighted by molar-refractivity contribution is 0.190. The molecule has 0 radical (unpaired) electrons. The summed E-state index contributed by atoms with van der Waals surface area (Å²) in [6.07, 6.45) is 1.84. The van der Waals surface area contributed by atoms with Crippen LogP contribution < -0.4 is 16.6 Å². The fourth-order valence-electron chi connectivity index (χ4n) is 2.45. The van der Waals surface area contributed by atoms with Crippen molar-refractivity contribution in [3.63, 3.8) is 0 Å². The number of benzene rings is 1. The molecule has 0 bridgehead atoms. The molecule has 2 rings (SSSR count). The monoisotopic (exact) mass is 301 g/mol. The van der Waals surface area contributed by atoms with Gasteiger partial charge in [-0.15, -0.1) is 0 Å². The number of rotatable bonds is 5. The number of anilines is 2. The molecule has 0 fully saturated rings. The Morgan fingerprint density at radius 3 is 2.68 bits per heavy atom. The Kier molecular flexibility index (Phi) is 4.88. The van der Waals surface area contributed by atoms with E-state index in [4.69, 9.17) is 10.5 Å². The minimum atomic E-state index is 0.0197. The van der Waals surface area contributed by atoms with Crippen molar-refractivity contribution in [2.24, 2.45) is 7.05 Å². The second kappa shape index (κ2) is 6.66. The molecule has 0 saturated carbocycles. The van der Waals surface area contributed by atoms with Gasteiger partial charge in [0.25, 0.3) is 5.56 Å². The van der Waals surface area contributed by atoms with E-state index in [9.17, 15) is 4.79 Å². The summed E-state index contributed by atoms with van der Waals surface area (Å²) >= 11 is 0. The first-order valence-electron chi connectivity index (χ1n) is 7.25. The number of aryl methyl sites for hydroxylation is 2. The van der Waals surface area contributed by atoms with Crippen molar-refractivity contribution < 1.29 is 4.74 Å². The van der Waals surface area contributed by atoms with Gasteiger partial charge in [0.15, 0.2) is 0 Å². The molecule has 1 aromatic carbocycles. The van der Waals surface area contributed by atoms with Gasteiger partial charge in [0, 0.05) is 32.0 Å². The molecule has 1 atom stereocenters. The SMILES string of the molecule is COC[C@H](C)Nc1cc(-c2cc(C)c(=O)n(C)c2)ccc1N. The second-order valence-electron chi connectivity index (χ2n) is 5.63. The topological polar surface area (TPSA) is 69.3 Å². The number of hydrogen-bond donors (Lipinski definition) is 2. The summed E-state index contributed by atoms with van der Waals surface area (Å²) in [5.41, 5.74) is 10.3. The lowest BCUT2D eigenvalue weighted by Crippen LogP contribution is -2.21. The van der Waals surface area contributed by atoms with Crippen molar-refractivity contribution in [3.8, 4) is 11.1 Å². The Hall–Kier alpha value is -2.27. The summed E-state index contributed by atoms with van der Waals surface area (Å²) in [5, 5.41) is 3.34. The van der Waals surface area contributed by atoms with E-state index in [1.54, 1.807) is 18.7 Å². The van der Waals surface area contributed by atoms with Crippen LogP contribution in [0.5, 0.6) is 0 Å². The second-order valence-corrected chi connectivity index (χ2v) is 5.63. The van der Waals surface area contributed by atoms with Crippen molar-refractivity contribution in [1.82, 2.24) is 4.57 Å². The van der Waals surface area contributed by atoms with Crippen LogP contribution in [0.2, 0.25) is 0 Å². The van der Waals surface area contributed by atoms with Gasteiger partial charge < -0.3 is 20.4 Å². The van der Waals surface area contributed by atoms with Gasteiger partial charge in [0.2, 0.25) is 0 Å². The van der Waals surface area contributed by atoms with E-state index in [2.05, 4.69) is 5.32 Å². The average molecular weight is 301 g/mol. The van der Waals surface area contributed by atoms with Gasteiger partial charge in [-0.25, -0.2) is 0 Å².